The molecule has 0 aliphatic heterocycles. The van der Waals surface area contributed by atoms with Crippen LogP contribution < -0.4 is 5.32 Å². The topological polar surface area (TPSA) is 46.2 Å². The predicted molar refractivity (Wildman–Crippen MR) is 66.0 cm³/mol. The Morgan fingerprint density at radius 1 is 0.867 bits per heavy atom. The second-order valence-corrected chi connectivity index (χ2v) is 6.27. The van der Waals surface area contributed by atoms with Crippen molar-refractivity contribution in [2.45, 2.75) is 46.0 Å². The Balaban J connectivity index is 3.47. The highest BCUT2D eigenvalue weighted by molar-refractivity contribution is 7.91. The lowest BCUT2D eigenvalue weighted by Gasteiger charge is -2.04. The van der Waals surface area contributed by atoms with Crippen LogP contribution in [0.1, 0.15) is 46.0 Å². The zero-order valence-electron chi connectivity index (χ0n) is 10.1. The molecule has 0 atom stereocenters. The average Bonchev–Trinajstić information content (AvgIpc) is 2.17. The van der Waals surface area contributed by atoms with Crippen LogP contribution in [0.15, 0.2) is 0 Å². The van der Waals surface area contributed by atoms with Gasteiger partial charge in [0.15, 0.2) is 0 Å². The third-order valence-electron chi connectivity index (χ3n) is 2.29. The molecule has 0 spiro atoms. The number of sulfone groups is 1. The highest BCUT2D eigenvalue weighted by atomic mass is 32.2. The Bertz CT molecular complexity index is 225. The van der Waals surface area contributed by atoms with Crippen molar-refractivity contribution in [1.82, 2.24) is 5.32 Å². The van der Waals surface area contributed by atoms with Gasteiger partial charge in [-0.3, -0.25) is 0 Å². The molecule has 0 amide bonds. The van der Waals surface area contributed by atoms with Crippen molar-refractivity contribution >= 4 is 9.84 Å². The fourth-order valence-electron chi connectivity index (χ4n) is 1.39. The smallest absolute Gasteiger partial charge is 0.150 e. The normalized spacial score (nSPS) is 11.9. The summed E-state index contributed by atoms with van der Waals surface area (Å²) in [5.74, 6) is 0.710. The van der Waals surface area contributed by atoms with Crippen LogP contribution in [0.3, 0.4) is 0 Å². The summed E-state index contributed by atoms with van der Waals surface area (Å²) in [6, 6.07) is 0. The number of hydrogen-bond donors (Lipinski definition) is 1. The molecule has 0 aliphatic carbocycles. The highest BCUT2D eigenvalue weighted by Gasteiger charge is 2.08. The minimum absolute atomic E-state index is 0.341. The van der Waals surface area contributed by atoms with Gasteiger partial charge in [-0.25, -0.2) is 8.42 Å². The summed E-state index contributed by atoms with van der Waals surface area (Å²) in [6.45, 7) is 5.99. The summed E-state index contributed by atoms with van der Waals surface area (Å²) < 4.78 is 23.0. The van der Waals surface area contributed by atoms with Crippen LogP contribution in [-0.4, -0.2) is 33.0 Å². The molecule has 0 radical (unpaired) electrons. The number of hydrogen-bond acceptors (Lipinski definition) is 3. The molecule has 0 unspecified atom stereocenters. The summed E-state index contributed by atoms with van der Waals surface area (Å²) in [4.78, 5) is 0. The zero-order valence-corrected chi connectivity index (χ0v) is 10.9. The van der Waals surface area contributed by atoms with E-state index in [4.69, 9.17) is 0 Å². The van der Waals surface area contributed by atoms with Gasteiger partial charge >= 0.3 is 0 Å². The Kier molecular flexibility index (Phi) is 9.10. The summed E-state index contributed by atoms with van der Waals surface area (Å²) in [5.41, 5.74) is 0. The van der Waals surface area contributed by atoms with E-state index in [0.29, 0.717) is 11.5 Å². The van der Waals surface area contributed by atoms with Crippen molar-refractivity contribution in [2.24, 2.45) is 0 Å². The molecule has 0 aromatic heterocycles. The predicted octanol–water partition coefficient (Wildman–Crippen LogP) is 1.98. The van der Waals surface area contributed by atoms with E-state index in [9.17, 15) is 8.42 Å². The van der Waals surface area contributed by atoms with Crippen molar-refractivity contribution in [2.75, 3.05) is 24.6 Å². The molecule has 0 heterocycles. The fourth-order valence-corrected chi connectivity index (χ4v) is 2.83. The molecule has 0 bridgehead atoms. The van der Waals surface area contributed by atoms with Crippen LogP contribution in [0.4, 0.5) is 0 Å². The molecule has 0 saturated carbocycles. The van der Waals surface area contributed by atoms with E-state index in [2.05, 4.69) is 19.2 Å². The van der Waals surface area contributed by atoms with Gasteiger partial charge in [-0.1, -0.05) is 26.7 Å². The van der Waals surface area contributed by atoms with Crippen LogP contribution >= 0.6 is 0 Å². The highest BCUT2D eigenvalue weighted by Crippen LogP contribution is 2.01. The molecule has 0 rings (SSSR count). The van der Waals surface area contributed by atoms with E-state index in [0.717, 1.165) is 45.2 Å². The molecule has 1 N–H and O–H groups in total. The van der Waals surface area contributed by atoms with Gasteiger partial charge in [-0.05, 0) is 32.4 Å². The first-order valence-electron chi connectivity index (χ1n) is 6.03. The monoisotopic (exact) mass is 235 g/mol. The first-order valence-corrected chi connectivity index (χ1v) is 7.85. The van der Waals surface area contributed by atoms with E-state index in [1.54, 1.807) is 0 Å². The number of unbranched alkanes of at least 4 members (excludes halogenated alkanes) is 2. The van der Waals surface area contributed by atoms with Crippen LogP contribution in [0.5, 0.6) is 0 Å². The zero-order chi connectivity index (χ0) is 11.6. The SMILES string of the molecule is CCCCCS(=O)(=O)CCCNCCC. The first kappa shape index (κ1) is 14.9. The van der Waals surface area contributed by atoms with Gasteiger partial charge in [0, 0.05) is 0 Å². The van der Waals surface area contributed by atoms with Gasteiger partial charge in [0.25, 0.3) is 0 Å². The van der Waals surface area contributed by atoms with Gasteiger partial charge < -0.3 is 5.32 Å². The third kappa shape index (κ3) is 10.2. The maximum atomic E-state index is 11.5. The molecule has 92 valence electrons. The van der Waals surface area contributed by atoms with E-state index in [-0.39, 0.29) is 0 Å². The van der Waals surface area contributed by atoms with Crippen molar-refractivity contribution in [3.05, 3.63) is 0 Å². The minimum atomic E-state index is -2.78. The van der Waals surface area contributed by atoms with Crippen molar-refractivity contribution < 1.29 is 8.42 Å². The van der Waals surface area contributed by atoms with Crippen LogP contribution in [0.2, 0.25) is 0 Å². The quantitative estimate of drug-likeness (QED) is 0.589. The molecule has 0 fully saturated rings. The second kappa shape index (κ2) is 9.16. The summed E-state index contributed by atoms with van der Waals surface area (Å²) in [5, 5.41) is 3.21. The van der Waals surface area contributed by atoms with Crippen LogP contribution in [-0.2, 0) is 9.84 Å². The molecule has 3 nitrogen and oxygen atoms in total. The van der Waals surface area contributed by atoms with Crippen molar-refractivity contribution in [1.29, 1.82) is 0 Å². The van der Waals surface area contributed by atoms with E-state index >= 15 is 0 Å². The maximum absolute atomic E-state index is 11.5. The lowest BCUT2D eigenvalue weighted by atomic mass is 10.3. The lowest BCUT2D eigenvalue weighted by Crippen LogP contribution is -2.20. The van der Waals surface area contributed by atoms with Crippen molar-refractivity contribution in [3.8, 4) is 0 Å². The lowest BCUT2D eigenvalue weighted by molar-refractivity contribution is 0.583. The van der Waals surface area contributed by atoms with E-state index in [1.165, 1.54) is 0 Å². The van der Waals surface area contributed by atoms with Gasteiger partial charge in [-0.2, -0.15) is 0 Å². The van der Waals surface area contributed by atoms with Gasteiger partial charge in [0.2, 0.25) is 0 Å². The number of rotatable bonds is 10. The average molecular weight is 235 g/mol. The molecule has 0 saturated heterocycles. The Morgan fingerprint density at radius 2 is 1.53 bits per heavy atom. The van der Waals surface area contributed by atoms with E-state index in [1.807, 2.05) is 0 Å². The third-order valence-corrected chi connectivity index (χ3v) is 4.12. The molecular formula is C11H25NO2S. The Morgan fingerprint density at radius 3 is 2.13 bits per heavy atom. The molecule has 15 heavy (non-hydrogen) atoms. The summed E-state index contributed by atoms with van der Waals surface area (Å²) in [7, 11) is -2.78. The summed E-state index contributed by atoms with van der Waals surface area (Å²) in [6.07, 6.45) is 4.76. The largest absolute Gasteiger partial charge is 0.317 e. The minimum Gasteiger partial charge on any atom is -0.317 e. The maximum Gasteiger partial charge on any atom is 0.150 e. The molecule has 0 aromatic carbocycles. The summed E-state index contributed by atoms with van der Waals surface area (Å²) >= 11 is 0. The molecule has 0 aliphatic rings. The fraction of sp³-hybridized carbons (Fsp3) is 1.00. The van der Waals surface area contributed by atoms with Gasteiger partial charge in [0.05, 0.1) is 11.5 Å². The van der Waals surface area contributed by atoms with Crippen LogP contribution in [0.25, 0.3) is 0 Å². The van der Waals surface area contributed by atoms with E-state index < -0.39 is 9.84 Å². The Labute approximate surface area is 94.6 Å². The Hall–Kier alpha value is -0.0900. The first-order chi connectivity index (χ1) is 7.12. The van der Waals surface area contributed by atoms with Crippen molar-refractivity contribution in [3.63, 3.8) is 0 Å². The molecule has 0 aromatic rings. The van der Waals surface area contributed by atoms with Gasteiger partial charge in [0.1, 0.15) is 9.84 Å². The van der Waals surface area contributed by atoms with Gasteiger partial charge in [-0.15, -0.1) is 0 Å². The second-order valence-electron chi connectivity index (χ2n) is 3.96. The molecule has 4 heteroatoms. The van der Waals surface area contributed by atoms with Crippen LogP contribution in [0, 0.1) is 0 Å². The standard InChI is InChI=1S/C11H25NO2S/c1-3-5-6-10-15(13,14)11-7-9-12-8-4-2/h12H,3-11H2,1-2H3. The number of nitrogens with one attached hydrogen (secondary N) is 1. The molecular weight excluding hydrogens is 210 g/mol.